The molecule has 1 aromatic heterocycles. The van der Waals surface area contributed by atoms with Crippen LogP contribution in [0.15, 0.2) is 24.3 Å². The van der Waals surface area contributed by atoms with Crippen LogP contribution in [0.4, 0.5) is 5.69 Å². The minimum atomic E-state index is -0.284. The van der Waals surface area contributed by atoms with Crippen LogP contribution in [-0.2, 0) is 4.79 Å². The van der Waals surface area contributed by atoms with Crippen molar-refractivity contribution in [1.29, 1.82) is 0 Å². The van der Waals surface area contributed by atoms with Crippen molar-refractivity contribution in [3.8, 4) is 0 Å². The molecule has 1 heterocycles. The average Bonchev–Trinajstić information content (AvgIpc) is 2.93. The fourth-order valence-corrected chi connectivity index (χ4v) is 3.60. The molecule has 0 saturated heterocycles. The summed E-state index contributed by atoms with van der Waals surface area (Å²) in [5.41, 5.74) is 9.03. The van der Waals surface area contributed by atoms with Gasteiger partial charge in [-0.15, -0.1) is 11.3 Å². The van der Waals surface area contributed by atoms with Gasteiger partial charge in [-0.2, -0.15) is 0 Å². The molecule has 2 rings (SSSR count). The van der Waals surface area contributed by atoms with Gasteiger partial charge in [-0.1, -0.05) is 12.1 Å². The fraction of sp³-hybridized carbons (Fsp3) is 0.316. The first-order valence-electron chi connectivity index (χ1n) is 8.30. The molecule has 0 bridgehead atoms. The van der Waals surface area contributed by atoms with E-state index in [9.17, 15) is 9.59 Å². The normalized spacial score (nSPS) is 10.3. The maximum Gasteiger partial charge on any atom is 0.238 e. The second-order valence-corrected chi connectivity index (χ2v) is 7.99. The minimum absolute atomic E-state index is 0.0157. The molecule has 5 nitrogen and oxygen atoms in total. The summed E-state index contributed by atoms with van der Waals surface area (Å²) in [4.78, 5) is 26.2. The van der Waals surface area contributed by atoms with Gasteiger partial charge in [-0.3, -0.25) is 20.4 Å². The molecule has 2 aromatic rings. The van der Waals surface area contributed by atoms with Gasteiger partial charge in [-0.25, -0.2) is 0 Å². The molecule has 1 aromatic carbocycles. The zero-order chi connectivity index (χ0) is 19.3. The Hall–Kier alpha value is -2.25. The van der Waals surface area contributed by atoms with Crippen molar-refractivity contribution in [3.63, 3.8) is 0 Å². The number of hydrogen-bond donors (Lipinski definition) is 3. The number of rotatable bonds is 5. The van der Waals surface area contributed by atoms with Crippen LogP contribution in [0.1, 0.15) is 44.1 Å². The molecule has 3 N–H and O–H groups in total. The van der Waals surface area contributed by atoms with Gasteiger partial charge in [0.05, 0.1) is 0 Å². The molecular formula is C19H23N3O2S2. The Bertz CT molecular complexity index is 843. The van der Waals surface area contributed by atoms with E-state index in [0.29, 0.717) is 10.7 Å². The van der Waals surface area contributed by atoms with E-state index < -0.39 is 0 Å². The third kappa shape index (κ3) is 5.37. The van der Waals surface area contributed by atoms with Crippen LogP contribution in [0.3, 0.4) is 0 Å². The molecule has 0 aliphatic rings. The highest BCUT2D eigenvalue weighted by Gasteiger charge is 2.14. The molecule has 0 atom stereocenters. The highest BCUT2D eigenvalue weighted by Crippen LogP contribution is 2.22. The largest absolute Gasteiger partial charge is 0.331 e. The number of hydrazine groups is 1. The second kappa shape index (κ2) is 8.91. The number of aryl methyl sites for hydroxylation is 3. The average molecular weight is 390 g/mol. The van der Waals surface area contributed by atoms with E-state index in [4.69, 9.17) is 12.2 Å². The number of carbonyl (C=O) groups is 2. The summed E-state index contributed by atoms with van der Waals surface area (Å²) in [5.74, 6) is -0.300. The number of carbonyl (C=O) groups excluding carboxylic acids is 2. The van der Waals surface area contributed by atoms with E-state index in [1.54, 1.807) is 11.3 Å². The topological polar surface area (TPSA) is 70.2 Å². The molecule has 0 saturated carbocycles. The molecule has 26 heavy (non-hydrogen) atoms. The van der Waals surface area contributed by atoms with Gasteiger partial charge in [0, 0.05) is 33.8 Å². The Morgan fingerprint density at radius 1 is 1.08 bits per heavy atom. The number of hydrogen-bond acceptors (Lipinski definition) is 4. The number of benzene rings is 1. The minimum Gasteiger partial charge on any atom is -0.331 e. The van der Waals surface area contributed by atoms with Crippen molar-refractivity contribution in [2.45, 2.75) is 40.5 Å². The Kier molecular flexibility index (Phi) is 6.88. The maximum absolute atomic E-state index is 12.2. The Labute approximate surface area is 163 Å². The molecule has 0 aliphatic heterocycles. The summed E-state index contributed by atoms with van der Waals surface area (Å²) >= 11 is 6.78. The summed E-state index contributed by atoms with van der Waals surface area (Å²) in [6.45, 7) is 7.91. The fourth-order valence-electron chi connectivity index (χ4n) is 2.50. The zero-order valence-corrected chi connectivity index (χ0v) is 17.0. The lowest BCUT2D eigenvalue weighted by Gasteiger charge is -2.14. The van der Waals surface area contributed by atoms with Gasteiger partial charge in [0.25, 0.3) is 0 Å². The molecule has 0 fully saturated rings. The predicted molar refractivity (Wildman–Crippen MR) is 111 cm³/mol. The summed E-state index contributed by atoms with van der Waals surface area (Å²) in [6.07, 6.45) is 0.272. The summed E-state index contributed by atoms with van der Waals surface area (Å²) in [7, 11) is 0. The molecule has 0 radical (unpaired) electrons. The van der Waals surface area contributed by atoms with Crippen molar-refractivity contribution in [1.82, 2.24) is 10.9 Å². The molecule has 0 aliphatic carbocycles. The number of Topliss-reactive ketones (excluding diaryl/α,β-unsaturated/α-hetero) is 1. The standard InChI is InChI=1S/C19H23N3O2S2/c1-11-6-5-7-16(13(11)3)20-19(25)22-21-18(24)9-8-17(23)15-10-12(2)26-14(15)4/h5-7,10H,8-9H2,1-4H3,(H,21,24)(H2,20,22,25). The van der Waals surface area contributed by atoms with Gasteiger partial charge in [0.1, 0.15) is 0 Å². The van der Waals surface area contributed by atoms with Crippen molar-refractivity contribution in [3.05, 3.63) is 50.7 Å². The maximum atomic E-state index is 12.2. The van der Waals surface area contributed by atoms with Crippen LogP contribution in [0, 0.1) is 27.7 Å². The van der Waals surface area contributed by atoms with Crippen molar-refractivity contribution in [2.75, 3.05) is 5.32 Å². The highest BCUT2D eigenvalue weighted by atomic mass is 32.1. The highest BCUT2D eigenvalue weighted by molar-refractivity contribution is 7.80. The van der Waals surface area contributed by atoms with Gasteiger partial charge in [-0.05, 0) is 63.2 Å². The van der Waals surface area contributed by atoms with Crippen LogP contribution in [0.5, 0.6) is 0 Å². The van der Waals surface area contributed by atoms with Gasteiger partial charge in [0.15, 0.2) is 10.9 Å². The number of nitrogens with one attached hydrogen (secondary N) is 3. The first kappa shape index (κ1) is 20.1. The number of amides is 1. The van der Waals surface area contributed by atoms with Gasteiger partial charge in [0.2, 0.25) is 5.91 Å². The number of anilines is 1. The van der Waals surface area contributed by atoms with E-state index in [-0.39, 0.29) is 24.5 Å². The monoisotopic (exact) mass is 389 g/mol. The van der Waals surface area contributed by atoms with Crippen LogP contribution < -0.4 is 16.2 Å². The van der Waals surface area contributed by atoms with Crippen LogP contribution in [0.2, 0.25) is 0 Å². The van der Waals surface area contributed by atoms with Crippen molar-refractivity contribution in [2.24, 2.45) is 0 Å². The van der Waals surface area contributed by atoms with E-state index in [0.717, 1.165) is 26.6 Å². The quantitative estimate of drug-likeness (QED) is 0.410. The van der Waals surface area contributed by atoms with Gasteiger partial charge >= 0.3 is 0 Å². The summed E-state index contributed by atoms with van der Waals surface area (Å²) < 4.78 is 0. The molecule has 138 valence electrons. The van der Waals surface area contributed by atoms with Gasteiger partial charge < -0.3 is 5.32 Å². The molecular weight excluding hydrogens is 366 g/mol. The first-order chi connectivity index (χ1) is 12.3. The van der Waals surface area contributed by atoms with Crippen LogP contribution in [-0.4, -0.2) is 16.8 Å². The van der Waals surface area contributed by atoms with Crippen LogP contribution >= 0.6 is 23.6 Å². The number of thiocarbonyl (C=S) groups is 1. The molecule has 0 unspecified atom stereocenters. The molecule has 1 amide bonds. The lowest BCUT2D eigenvalue weighted by Crippen LogP contribution is -2.43. The third-order valence-electron chi connectivity index (χ3n) is 4.09. The SMILES string of the molecule is Cc1cc(C(=O)CCC(=O)NNC(=S)Nc2cccc(C)c2C)c(C)s1. The summed E-state index contributed by atoms with van der Waals surface area (Å²) in [6, 6.07) is 7.75. The molecule has 0 spiro atoms. The van der Waals surface area contributed by atoms with Crippen molar-refractivity contribution < 1.29 is 9.59 Å². The second-order valence-electron chi connectivity index (χ2n) is 6.12. The first-order valence-corrected chi connectivity index (χ1v) is 9.52. The molecule has 7 heteroatoms. The Morgan fingerprint density at radius 3 is 2.46 bits per heavy atom. The van der Waals surface area contributed by atoms with E-state index in [1.807, 2.05) is 52.0 Å². The number of ketones is 1. The van der Waals surface area contributed by atoms with E-state index in [1.165, 1.54) is 0 Å². The Morgan fingerprint density at radius 2 is 1.81 bits per heavy atom. The zero-order valence-electron chi connectivity index (χ0n) is 15.4. The van der Waals surface area contributed by atoms with Crippen molar-refractivity contribution >= 4 is 46.0 Å². The third-order valence-corrected chi connectivity index (χ3v) is 5.26. The smallest absolute Gasteiger partial charge is 0.238 e. The summed E-state index contributed by atoms with van der Waals surface area (Å²) in [5, 5.41) is 3.34. The van der Waals surface area contributed by atoms with E-state index >= 15 is 0 Å². The predicted octanol–water partition coefficient (Wildman–Crippen LogP) is 3.96. The number of thiophene rings is 1. The Balaban J connectivity index is 1.78. The van der Waals surface area contributed by atoms with E-state index in [2.05, 4.69) is 16.2 Å². The lowest BCUT2D eigenvalue weighted by molar-refractivity contribution is -0.121. The van der Waals surface area contributed by atoms with Crippen LogP contribution in [0.25, 0.3) is 0 Å². The lowest BCUT2D eigenvalue weighted by atomic mass is 10.1.